The normalized spacial score (nSPS) is 7.44. The molecule has 18 heavy (non-hydrogen) atoms. The zero-order valence-corrected chi connectivity index (χ0v) is 12.0. The summed E-state index contributed by atoms with van der Waals surface area (Å²) >= 11 is 0. The summed E-state index contributed by atoms with van der Waals surface area (Å²) in [7, 11) is 0. The maximum Gasteiger partial charge on any atom is 0.147 e. The van der Waals surface area contributed by atoms with E-state index in [9.17, 15) is 0 Å². The van der Waals surface area contributed by atoms with Crippen LogP contribution in [-0.2, 0) is 0 Å². The Morgan fingerprint density at radius 1 is 0.833 bits per heavy atom. The van der Waals surface area contributed by atoms with Crippen molar-refractivity contribution in [2.24, 2.45) is 0 Å². The molecule has 0 N–H and O–H groups in total. The minimum absolute atomic E-state index is 0.711. The van der Waals surface area contributed by atoms with Gasteiger partial charge in [-0.15, -0.1) is 10.2 Å². The van der Waals surface area contributed by atoms with Gasteiger partial charge in [0.15, 0.2) is 0 Å². The van der Waals surface area contributed by atoms with Crippen molar-refractivity contribution in [2.45, 2.75) is 41.5 Å². The van der Waals surface area contributed by atoms with Crippen molar-refractivity contribution in [3.63, 3.8) is 0 Å². The molecule has 0 aromatic carbocycles. The third kappa shape index (κ3) is 12.1. The predicted octanol–water partition coefficient (Wildman–Crippen LogP) is 2.41. The van der Waals surface area contributed by atoms with Crippen molar-refractivity contribution in [1.29, 1.82) is 0 Å². The molecule has 2 heterocycles. The molecule has 0 amide bonds. The Bertz CT molecular complexity index is 314. The van der Waals surface area contributed by atoms with Gasteiger partial charge in [0.05, 0.1) is 18.1 Å². The number of aromatic nitrogens is 6. The van der Waals surface area contributed by atoms with Crippen LogP contribution in [-0.4, -0.2) is 30.4 Å². The van der Waals surface area contributed by atoms with Crippen molar-refractivity contribution in [3.8, 4) is 0 Å². The first-order valence-electron chi connectivity index (χ1n) is 5.98. The highest BCUT2D eigenvalue weighted by molar-refractivity contribution is 4.83. The fourth-order valence-corrected chi connectivity index (χ4v) is 0.627. The fourth-order valence-electron chi connectivity index (χ4n) is 0.627. The third-order valence-electron chi connectivity index (χ3n) is 1.19. The number of hydrogen-bond donors (Lipinski definition) is 0. The molecule has 0 bridgehead atoms. The van der Waals surface area contributed by atoms with Gasteiger partial charge < -0.3 is 0 Å². The van der Waals surface area contributed by atoms with Crippen LogP contribution < -0.4 is 0 Å². The van der Waals surface area contributed by atoms with Crippen LogP contribution in [0.3, 0.4) is 0 Å². The summed E-state index contributed by atoms with van der Waals surface area (Å²) in [6.07, 6.45) is 6.23. The Labute approximate surface area is 109 Å². The van der Waals surface area contributed by atoms with Crippen LogP contribution in [0.2, 0.25) is 0 Å². The van der Waals surface area contributed by atoms with Crippen LogP contribution in [0, 0.1) is 13.8 Å². The topological polar surface area (TPSA) is 77.3 Å². The van der Waals surface area contributed by atoms with Gasteiger partial charge in [-0.2, -0.15) is 10.2 Å². The van der Waals surface area contributed by atoms with Gasteiger partial charge in [-0.05, 0) is 13.8 Å². The number of hydrogen-bond acceptors (Lipinski definition) is 6. The van der Waals surface area contributed by atoms with Gasteiger partial charge in [0, 0.05) is 6.20 Å². The molecule has 100 valence electrons. The van der Waals surface area contributed by atoms with Gasteiger partial charge in [0.1, 0.15) is 12.2 Å². The molecule has 0 saturated heterocycles. The van der Waals surface area contributed by atoms with Crippen LogP contribution in [0.15, 0.2) is 24.9 Å². The smallest absolute Gasteiger partial charge is 0.147 e. The molecule has 0 radical (unpaired) electrons. The summed E-state index contributed by atoms with van der Waals surface area (Å²) < 4.78 is 0. The predicted molar refractivity (Wildman–Crippen MR) is 71.8 cm³/mol. The molecule has 0 aliphatic rings. The summed E-state index contributed by atoms with van der Waals surface area (Å²) in [5.74, 6) is 0.711. The second-order valence-corrected chi connectivity index (χ2v) is 2.44. The first-order valence-corrected chi connectivity index (χ1v) is 5.98. The summed E-state index contributed by atoms with van der Waals surface area (Å²) in [6.45, 7) is 11.6. The van der Waals surface area contributed by atoms with Gasteiger partial charge in [0.2, 0.25) is 0 Å². The van der Waals surface area contributed by atoms with Crippen LogP contribution in [0.25, 0.3) is 0 Å². The lowest BCUT2D eigenvalue weighted by Crippen LogP contribution is -1.85. The van der Waals surface area contributed by atoms with E-state index in [-0.39, 0.29) is 0 Å². The summed E-state index contributed by atoms with van der Waals surface area (Å²) in [6, 6.07) is 0. The van der Waals surface area contributed by atoms with Crippen LogP contribution in [0.4, 0.5) is 0 Å². The molecule has 2 aromatic heterocycles. The van der Waals surface area contributed by atoms with Crippen molar-refractivity contribution in [2.75, 3.05) is 0 Å². The Balaban J connectivity index is 0. The summed E-state index contributed by atoms with van der Waals surface area (Å²) in [5.41, 5.74) is 0.850. The molecule has 2 rings (SSSR count). The first kappa shape index (κ1) is 18.4. The SMILES string of the molecule is CC.CC.Cc1cncnn1.Cc1nccnn1. The molecule has 6 nitrogen and oxygen atoms in total. The minimum atomic E-state index is 0.711. The lowest BCUT2D eigenvalue weighted by atomic mass is 10.6. The van der Waals surface area contributed by atoms with Crippen molar-refractivity contribution >= 4 is 0 Å². The number of aryl methyl sites for hydroxylation is 2. The van der Waals surface area contributed by atoms with E-state index in [1.807, 2.05) is 34.6 Å². The maximum atomic E-state index is 3.81. The Morgan fingerprint density at radius 3 is 1.72 bits per heavy atom. The molecule has 0 fully saturated rings. The molecule has 0 spiro atoms. The molecule has 6 heteroatoms. The third-order valence-corrected chi connectivity index (χ3v) is 1.19. The minimum Gasteiger partial charge on any atom is -0.241 e. The largest absolute Gasteiger partial charge is 0.241 e. The van der Waals surface area contributed by atoms with Crippen molar-refractivity contribution in [3.05, 3.63) is 36.4 Å². The van der Waals surface area contributed by atoms with Gasteiger partial charge >= 0.3 is 0 Å². The van der Waals surface area contributed by atoms with E-state index < -0.39 is 0 Å². The van der Waals surface area contributed by atoms with E-state index in [1.54, 1.807) is 25.5 Å². The molecular weight excluding hydrogens is 228 g/mol. The van der Waals surface area contributed by atoms with E-state index in [2.05, 4.69) is 30.4 Å². The van der Waals surface area contributed by atoms with Gasteiger partial charge in [-0.25, -0.2) is 9.97 Å². The molecule has 0 aliphatic carbocycles. The van der Waals surface area contributed by atoms with Gasteiger partial charge in [-0.1, -0.05) is 27.7 Å². The van der Waals surface area contributed by atoms with E-state index in [0.717, 1.165) is 5.69 Å². The first-order chi connectivity index (χ1) is 8.79. The highest BCUT2D eigenvalue weighted by Crippen LogP contribution is 1.77. The van der Waals surface area contributed by atoms with E-state index in [1.165, 1.54) is 6.33 Å². The highest BCUT2D eigenvalue weighted by Gasteiger charge is 1.76. The quantitative estimate of drug-likeness (QED) is 0.714. The lowest BCUT2D eigenvalue weighted by molar-refractivity contribution is 0.907. The Hall–Kier alpha value is -1.98. The zero-order chi connectivity index (χ0) is 14.2. The van der Waals surface area contributed by atoms with Gasteiger partial charge in [-0.3, -0.25) is 0 Å². The summed E-state index contributed by atoms with van der Waals surface area (Å²) in [4.78, 5) is 7.52. The zero-order valence-electron chi connectivity index (χ0n) is 12.0. The molecular formula is C12H22N6. The van der Waals surface area contributed by atoms with E-state index in [0.29, 0.717) is 5.82 Å². The average molecular weight is 250 g/mol. The Kier molecular flexibility index (Phi) is 15.3. The maximum absolute atomic E-state index is 3.81. The molecule has 2 aromatic rings. The monoisotopic (exact) mass is 250 g/mol. The molecule has 0 unspecified atom stereocenters. The number of nitrogens with zero attached hydrogens (tertiary/aromatic N) is 6. The fraction of sp³-hybridized carbons (Fsp3) is 0.500. The van der Waals surface area contributed by atoms with Crippen LogP contribution in [0.1, 0.15) is 39.2 Å². The van der Waals surface area contributed by atoms with Gasteiger partial charge in [0.25, 0.3) is 0 Å². The standard InChI is InChI=1S/2C4H5N3.2C2H6/c1-4-2-5-3-6-7-4;1-4-5-2-3-6-7-4;2*1-2/h2*2-3H,1H3;2*1-2H3. The van der Waals surface area contributed by atoms with Crippen molar-refractivity contribution in [1.82, 2.24) is 30.4 Å². The van der Waals surface area contributed by atoms with E-state index >= 15 is 0 Å². The Morgan fingerprint density at radius 2 is 1.50 bits per heavy atom. The van der Waals surface area contributed by atoms with Crippen molar-refractivity contribution < 1.29 is 0 Å². The van der Waals surface area contributed by atoms with Crippen LogP contribution in [0.5, 0.6) is 0 Å². The molecule has 0 saturated carbocycles. The second kappa shape index (κ2) is 15.0. The second-order valence-electron chi connectivity index (χ2n) is 2.44. The lowest BCUT2D eigenvalue weighted by Gasteiger charge is -1.80. The average Bonchev–Trinajstić information content (AvgIpc) is 2.46. The molecule has 0 atom stereocenters. The highest BCUT2D eigenvalue weighted by atomic mass is 15.1. The van der Waals surface area contributed by atoms with Crippen LogP contribution >= 0.6 is 0 Å². The molecule has 0 aliphatic heterocycles. The van der Waals surface area contributed by atoms with E-state index in [4.69, 9.17) is 0 Å². The number of rotatable bonds is 0. The summed E-state index contributed by atoms with van der Waals surface area (Å²) in [5, 5.41) is 14.4.